The topological polar surface area (TPSA) is 97.0 Å². The molecular weight excluding hydrogens is 244 g/mol. The lowest BCUT2D eigenvalue weighted by Crippen LogP contribution is -2.08. The van der Waals surface area contributed by atoms with Crippen molar-refractivity contribution in [3.8, 4) is 5.75 Å². The Hall–Kier alpha value is -2.08. The van der Waals surface area contributed by atoms with E-state index >= 15 is 0 Å². The summed E-state index contributed by atoms with van der Waals surface area (Å²) in [6, 6.07) is 0. The molecule has 0 saturated carbocycles. The molecule has 2 aromatic heterocycles. The van der Waals surface area contributed by atoms with Crippen molar-refractivity contribution in [2.45, 2.75) is 26.4 Å². The highest BCUT2D eigenvalue weighted by molar-refractivity contribution is 5.43. The Morgan fingerprint density at radius 3 is 2.74 bits per heavy atom. The zero-order chi connectivity index (χ0) is 14.0. The van der Waals surface area contributed by atoms with Crippen molar-refractivity contribution in [1.82, 2.24) is 15.2 Å². The Morgan fingerprint density at radius 1 is 1.42 bits per heavy atom. The van der Waals surface area contributed by atoms with Crippen LogP contribution in [0.5, 0.6) is 5.75 Å². The zero-order valence-electron chi connectivity index (χ0n) is 11.3. The third-order valence-corrected chi connectivity index (χ3v) is 3.20. The number of anilines is 1. The van der Waals surface area contributed by atoms with Crippen LogP contribution in [-0.4, -0.2) is 27.4 Å². The van der Waals surface area contributed by atoms with Gasteiger partial charge in [0, 0.05) is 35.0 Å². The molecule has 0 aliphatic rings. The van der Waals surface area contributed by atoms with Gasteiger partial charge < -0.3 is 15.6 Å². The fourth-order valence-corrected chi connectivity index (χ4v) is 2.14. The SMILES string of the molecule is COc1c(C)cnc(CC(O)c2cn[nH]c2N)c1C. The standard InChI is InChI=1S/C13H18N4O2/c1-7-5-15-10(8(2)12(7)19-3)4-11(18)9-6-16-17-13(9)14/h5-6,11,18H,4H2,1-3H3,(H3,14,16,17). The predicted octanol–water partition coefficient (Wildman–Crippen LogP) is 1.29. The van der Waals surface area contributed by atoms with E-state index in [2.05, 4.69) is 15.2 Å². The molecular formula is C13H18N4O2. The second-order valence-corrected chi connectivity index (χ2v) is 4.51. The summed E-state index contributed by atoms with van der Waals surface area (Å²) >= 11 is 0. The van der Waals surface area contributed by atoms with E-state index < -0.39 is 6.10 Å². The van der Waals surface area contributed by atoms with Crippen molar-refractivity contribution >= 4 is 5.82 Å². The average molecular weight is 262 g/mol. The van der Waals surface area contributed by atoms with Crippen LogP contribution in [0.25, 0.3) is 0 Å². The lowest BCUT2D eigenvalue weighted by Gasteiger charge is -2.14. The molecule has 0 aromatic carbocycles. The number of aliphatic hydroxyl groups excluding tert-OH is 1. The second kappa shape index (κ2) is 5.27. The van der Waals surface area contributed by atoms with E-state index in [9.17, 15) is 5.11 Å². The molecule has 19 heavy (non-hydrogen) atoms. The van der Waals surface area contributed by atoms with E-state index in [-0.39, 0.29) is 0 Å². The van der Waals surface area contributed by atoms with Gasteiger partial charge in [-0.15, -0.1) is 0 Å². The summed E-state index contributed by atoms with van der Waals surface area (Å²) in [7, 11) is 1.63. The van der Waals surface area contributed by atoms with Crippen LogP contribution in [0.1, 0.15) is 28.5 Å². The summed E-state index contributed by atoms with van der Waals surface area (Å²) in [5.74, 6) is 1.18. The highest BCUT2D eigenvalue weighted by Crippen LogP contribution is 2.28. The van der Waals surface area contributed by atoms with Crippen molar-refractivity contribution < 1.29 is 9.84 Å². The quantitative estimate of drug-likeness (QED) is 0.771. The number of nitrogens with one attached hydrogen (secondary N) is 1. The number of aryl methyl sites for hydroxylation is 1. The van der Waals surface area contributed by atoms with Crippen molar-refractivity contribution in [2.24, 2.45) is 0 Å². The molecule has 102 valence electrons. The van der Waals surface area contributed by atoms with Crippen LogP contribution in [0.15, 0.2) is 12.4 Å². The number of rotatable bonds is 4. The molecule has 0 aliphatic carbocycles. The maximum atomic E-state index is 10.2. The number of aromatic amines is 1. The second-order valence-electron chi connectivity index (χ2n) is 4.51. The number of methoxy groups -OCH3 is 1. The molecule has 6 nitrogen and oxygen atoms in total. The Bertz CT molecular complexity index is 580. The number of aliphatic hydroxyl groups is 1. The molecule has 1 atom stereocenters. The molecule has 2 heterocycles. The summed E-state index contributed by atoms with van der Waals surface area (Å²) in [5.41, 5.74) is 8.97. The van der Waals surface area contributed by atoms with Crippen LogP contribution in [0.3, 0.4) is 0 Å². The van der Waals surface area contributed by atoms with E-state index in [0.717, 1.165) is 22.6 Å². The molecule has 0 fully saturated rings. The van der Waals surface area contributed by atoms with Crippen LogP contribution in [-0.2, 0) is 6.42 Å². The molecule has 0 spiro atoms. The summed E-state index contributed by atoms with van der Waals surface area (Å²) < 4.78 is 5.35. The number of pyridine rings is 1. The summed E-state index contributed by atoms with van der Waals surface area (Å²) in [6.07, 6.45) is 2.90. The summed E-state index contributed by atoms with van der Waals surface area (Å²) in [5, 5.41) is 16.6. The Morgan fingerprint density at radius 2 is 2.16 bits per heavy atom. The van der Waals surface area contributed by atoms with Gasteiger partial charge in [0.2, 0.25) is 0 Å². The largest absolute Gasteiger partial charge is 0.496 e. The molecule has 4 N–H and O–H groups in total. The average Bonchev–Trinajstić information content (AvgIpc) is 2.80. The fourth-order valence-electron chi connectivity index (χ4n) is 2.14. The maximum Gasteiger partial charge on any atom is 0.128 e. The van der Waals surface area contributed by atoms with Gasteiger partial charge in [-0.25, -0.2) is 0 Å². The molecule has 0 aliphatic heterocycles. The van der Waals surface area contributed by atoms with Gasteiger partial charge >= 0.3 is 0 Å². The van der Waals surface area contributed by atoms with Gasteiger partial charge in [-0.2, -0.15) is 5.10 Å². The number of ether oxygens (including phenoxy) is 1. The smallest absolute Gasteiger partial charge is 0.128 e. The van der Waals surface area contributed by atoms with Gasteiger partial charge in [-0.3, -0.25) is 10.1 Å². The molecule has 0 radical (unpaired) electrons. The Labute approximate surface area is 111 Å². The third kappa shape index (κ3) is 2.53. The van der Waals surface area contributed by atoms with Gasteiger partial charge in [0.15, 0.2) is 0 Å². The maximum absolute atomic E-state index is 10.2. The minimum absolute atomic E-state index is 0.367. The lowest BCUT2D eigenvalue weighted by atomic mass is 10.0. The molecule has 2 rings (SSSR count). The number of hydrogen-bond donors (Lipinski definition) is 3. The zero-order valence-corrected chi connectivity index (χ0v) is 11.3. The minimum atomic E-state index is -0.739. The lowest BCUT2D eigenvalue weighted by molar-refractivity contribution is 0.177. The fraction of sp³-hybridized carbons (Fsp3) is 0.385. The van der Waals surface area contributed by atoms with E-state index in [0.29, 0.717) is 17.8 Å². The number of aromatic nitrogens is 3. The van der Waals surface area contributed by atoms with Crippen LogP contribution in [0, 0.1) is 13.8 Å². The first-order valence-electron chi connectivity index (χ1n) is 6.00. The predicted molar refractivity (Wildman–Crippen MR) is 71.9 cm³/mol. The van der Waals surface area contributed by atoms with Gasteiger partial charge in [0.05, 0.1) is 19.4 Å². The van der Waals surface area contributed by atoms with E-state index in [1.165, 1.54) is 6.20 Å². The molecule has 0 amide bonds. The Balaban J connectivity index is 2.27. The molecule has 2 aromatic rings. The summed E-state index contributed by atoms with van der Waals surface area (Å²) in [6.45, 7) is 3.87. The van der Waals surface area contributed by atoms with Crippen LogP contribution >= 0.6 is 0 Å². The first kappa shape index (κ1) is 13.4. The normalized spacial score (nSPS) is 12.4. The number of nitrogens with two attached hydrogens (primary N) is 1. The van der Waals surface area contributed by atoms with E-state index in [1.807, 2.05) is 13.8 Å². The number of H-pyrrole nitrogens is 1. The van der Waals surface area contributed by atoms with Gasteiger partial charge in [0.1, 0.15) is 11.6 Å². The van der Waals surface area contributed by atoms with Gasteiger partial charge in [-0.05, 0) is 13.8 Å². The van der Waals surface area contributed by atoms with Crippen molar-refractivity contribution in [3.05, 3.63) is 34.8 Å². The van der Waals surface area contributed by atoms with Crippen molar-refractivity contribution in [1.29, 1.82) is 0 Å². The molecule has 0 saturated heterocycles. The highest BCUT2D eigenvalue weighted by Gasteiger charge is 2.17. The third-order valence-electron chi connectivity index (χ3n) is 3.20. The van der Waals surface area contributed by atoms with Crippen LogP contribution < -0.4 is 10.5 Å². The molecule has 1 unspecified atom stereocenters. The first-order valence-corrected chi connectivity index (χ1v) is 6.00. The summed E-state index contributed by atoms with van der Waals surface area (Å²) in [4.78, 5) is 4.35. The Kier molecular flexibility index (Phi) is 3.71. The monoisotopic (exact) mass is 262 g/mol. The van der Waals surface area contributed by atoms with Gasteiger partial charge in [-0.1, -0.05) is 0 Å². The van der Waals surface area contributed by atoms with Gasteiger partial charge in [0.25, 0.3) is 0 Å². The highest BCUT2D eigenvalue weighted by atomic mass is 16.5. The minimum Gasteiger partial charge on any atom is -0.496 e. The van der Waals surface area contributed by atoms with Crippen molar-refractivity contribution in [2.75, 3.05) is 12.8 Å². The first-order chi connectivity index (χ1) is 9.04. The molecule has 6 heteroatoms. The van der Waals surface area contributed by atoms with E-state index in [4.69, 9.17) is 10.5 Å². The van der Waals surface area contributed by atoms with Crippen LogP contribution in [0.4, 0.5) is 5.82 Å². The van der Waals surface area contributed by atoms with E-state index in [1.54, 1.807) is 13.3 Å². The number of hydrogen-bond acceptors (Lipinski definition) is 5. The molecule has 0 bridgehead atoms. The van der Waals surface area contributed by atoms with Crippen LogP contribution in [0.2, 0.25) is 0 Å². The van der Waals surface area contributed by atoms with Crippen molar-refractivity contribution in [3.63, 3.8) is 0 Å². The number of nitrogens with zero attached hydrogens (tertiary/aromatic N) is 2. The number of nitrogen functional groups attached to an aromatic ring is 1.